The zero-order chi connectivity index (χ0) is 14.5. The molecule has 0 fully saturated rings. The fraction of sp³-hybridized carbons (Fsp3) is 0.462. The molecular weight excluding hydrogens is 257 g/mol. The molecule has 0 saturated carbocycles. The van der Waals surface area contributed by atoms with Crippen LogP contribution in [0.4, 0.5) is 18.9 Å². The third-order valence-corrected chi connectivity index (χ3v) is 2.86. The maximum atomic E-state index is 12.5. The molecule has 0 heterocycles. The van der Waals surface area contributed by atoms with Gasteiger partial charge in [0.05, 0.1) is 5.56 Å². The molecule has 3 N–H and O–H groups in total. The average molecular weight is 274 g/mol. The van der Waals surface area contributed by atoms with Gasteiger partial charge in [-0.15, -0.1) is 0 Å². The SMILES string of the molecule is CCC(CN)CC(=O)Nc1cccc(C(F)(F)F)c1. The fourth-order valence-electron chi connectivity index (χ4n) is 1.64. The summed E-state index contributed by atoms with van der Waals surface area (Å²) in [6, 6.07) is 4.57. The highest BCUT2D eigenvalue weighted by molar-refractivity contribution is 5.90. The van der Waals surface area contributed by atoms with Crippen molar-refractivity contribution in [1.82, 2.24) is 0 Å². The van der Waals surface area contributed by atoms with Crippen molar-refractivity contribution in [1.29, 1.82) is 0 Å². The minimum atomic E-state index is -4.41. The number of carbonyl (C=O) groups excluding carboxylic acids is 1. The smallest absolute Gasteiger partial charge is 0.330 e. The van der Waals surface area contributed by atoms with E-state index < -0.39 is 11.7 Å². The summed E-state index contributed by atoms with van der Waals surface area (Å²) in [7, 11) is 0. The van der Waals surface area contributed by atoms with Gasteiger partial charge in [-0.3, -0.25) is 4.79 Å². The van der Waals surface area contributed by atoms with Gasteiger partial charge in [-0.25, -0.2) is 0 Å². The molecule has 0 spiro atoms. The van der Waals surface area contributed by atoms with Crippen molar-refractivity contribution in [3.63, 3.8) is 0 Å². The number of nitrogens with one attached hydrogen (secondary N) is 1. The predicted octanol–water partition coefficient (Wildman–Crippen LogP) is 3.02. The van der Waals surface area contributed by atoms with Crippen molar-refractivity contribution in [3.8, 4) is 0 Å². The minimum Gasteiger partial charge on any atom is -0.330 e. The number of amides is 1. The van der Waals surface area contributed by atoms with Gasteiger partial charge >= 0.3 is 6.18 Å². The summed E-state index contributed by atoms with van der Waals surface area (Å²) in [4.78, 5) is 11.7. The molecule has 0 radical (unpaired) electrons. The van der Waals surface area contributed by atoms with Crippen molar-refractivity contribution < 1.29 is 18.0 Å². The Kier molecular flexibility index (Phi) is 5.35. The lowest BCUT2D eigenvalue weighted by molar-refractivity contribution is -0.137. The Morgan fingerprint density at radius 2 is 2.11 bits per heavy atom. The van der Waals surface area contributed by atoms with Gasteiger partial charge in [0.25, 0.3) is 0 Å². The molecule has 3 nitrogen and oxygen atoms in total. The molecule has 1 aromatic rings. The average Bonchev–Trinajstić information content (AvgIpc) is 2.35. The molecular formula is C13H17F3N2O. The Balaban J connectivity index is 2.70. The molecule has 1 unspecified atom stereocenters. The Labute approximate surface area is 110 Å². The van der Waals surface area contributed by atoms with Gasteiger partial charge in [0, 0.05) is 12.1 Å². The van der Waals surface area contributed by atoms with Crippen LogP contribution >= 0.6 is 0 Å². The van der Waals surface area contributed by atoms with E-state index in [9.17, 15) is 18.0 Å². The first kappa shape index (κ1) is 15.5. The normalized spacial score (nSPS) is 13.1. The zero-order valence-corrected chi connectivity index (χ0v) is 10.6. The Morgan fingerprint density at radius 3 is 2.63 bits per heavy atom. The van der Waals surface area contributed by atoms with Crippen LogP contribution in [0, 0.1) is 5.92 Å². The molecule has 1 rings (SSSR count). The Bertz CT molecular complexity index is 428. The van der Waals surface area contributed by atoms with E-state index in [1.165, 1.54) is 12.1 Å². The number of carbonyl (C=O) groups is 1. The van der Waals surface area contributed by atoms with E-state index in [2.05, 4.69) is 5.32 Å². The van der Waals surface area contributed by atoms with Gasteiger partial charge < -0.3 is 11.1 Å². The third kappa shape index (κ3) is 4.90. The summed E-state index contributed by atoms with van der Waals surface area (Å²) in [5.74, 6) is -0.276. The zero-order valence-electron chi connectivity index (χ0n) is 10.6. The number of benzene rings is 1. The Morgan fingerprint density at radius 1 is 1.42 bits per heavy atom. The highest BCUT2D eigenvalue weighted by Gasteiger charge is 2.30. The second kappa shape index (κ2) is 6.56. The van der Waals surface area contributed by atoms with Crippen LogP contribution in [0.1, 0.15) is 25.3 Å². The van der Waals surface area contributed by atoms with E-state index in [1.54, 1.807) is 0 Å². The first-order valence-electron chi connectivity index (χ1n) is 6.04. The number of hydrogen-bond donors (Lipinski definition) is 2. The van der Waals surface area contributed by atoms with E-state index in [1.807, 2.05) is 6.92 Å². The van der Waals surface area contributed by atoms with E-state index in [0.717, 1.165) is 18.6 Å². The van der Waals surface area contributed by atoms with Crippen LogP contribution in [-0.2, 0) is 11.0 Å². The van der Waals surface area contributed by atoms with E-state index in [4.69, 9.17) is 5.73 Å². The number of nitrogens with two attached hydrogens (primary N) is 1. The van der Waals surface area contributed by atoms with Crippen molar-refractivity contribution >= 4 is 11.6 Å². The molecule has 0 saturated heterocycles. The van der Waals surface area contributed by atoms with Crippen LogP contribution in [-0.4, -0.2) is 12.5 Å². The number of rotatable bonds is 5. The fourth-order valence-corrected chi connectivity index (χ4v) is 1.64. The van der Waals surface area contributed by atoms with Crippen molar-refractivity contribution in [3.05, 3.63) is 29.8 Å². The third-order valence-electron chi connectivity index (χ3n) is 2.86. The first-order valence-corrected chi connectivity index (χ1v) is 6.04. The number of anilines is 1. The summed E-state index contributed by atoms with van der Waals surface area (Å²) in [6.07, 6.45) is -3.44. The van der Waals surface area contributed by atoms with E-state index >= 15 is 0 Å². The molecule has 0 aromatic heterocycles. The summed E-state index contributed by atoms with van der Waals surface area (Å²) in [5.41, 5.74) is 4.84. The Hall–Kier alpha value is -1.56. The van der Waals surface area contributed by atoms with Gasteiger partial charge in [0.15, 0.2) is 0 Å². The monoisotopic (exact) mass is 274 g/mol. The molecule has 19 heavy (non-hydrogen) atoms. The van der Waals surface area contributed by atoms with Crippen molar-refractivity contribution in [2.24, 2.45) is 11.7 Å². The summed E-state index contributed by atoms with van der Waals surface area (Å²) in [6.45, 7) is 2.29. The first-order chi connectivity index (χ1) is 8.86. The van der Waals surface area contributed by atoms with Crippen LogP contribution in [0.2, 0.25) is 0 Å². The van der Waals surface area contributed by atoms with Crippen molar-refractivity contribution in [2.75, 3.05) is 11.9 Å². The minimum absolute atomic E-state index is 0.0470. The quantitative estimate of drug-likeness (QED) is 0.867. The number of halogens is 3. The van der Waals surface area contributed by atoms with Crippen LogP contribution in [0.3, 0.4) is 0 Å². The van der Waals surface area contributed by atoms with Gasteiger partial charge in [-0.05, 0) is 30.7 Å². The predicted molar refractivity (Wildman–Crippen MR) is 67.5 cm³/mol. The van der Waals surface area contributed by atoms with Crippen LogP contribution in [0.25, 0.3) is 0 Å². The highest BCUT2D eigenvalue weighted by atomic mass is 19.4. The largest absolute Gasteiger partial charge is 0.416 e. The summed E-state index contributed by atoms with van der Waals surface area (Å²) in [5, 5.41) is 2.46. The van der Waals surface area contributed by atoms with Gasteiger partial charge in [0.2, 0.25) is 5.91 Å². The van der Waals surface area contributed by atoms with Crippen LogP contribution in [0.5, 0.6) is 0 Å². The maximum Gasteiger partial charge on any atom is 0.416 e. The lowest BCUT2D eigenvalue weighted by Crippen LogP contribution is -2.21. The number of hydrogen-bond acceptors (Lipinski definition) is 2. The molecule has 6 heteroatoms. The van der Waals surface area contributed by atoms with Gasteiger partial charge in [-0.2, -0.15) is 13.2 Å². The molecule has 1 aromatic carbocycles. The molecule has 0 aliphatic heterocycles. The highest BCUT2D eigenvalue weighted by Crippen LogP contribution is 2.30. The van der Waals surface area contributed by atoms with Crippen LogP contribution in [0.15, 0.2) is 24.3 Å². The molecule has 1 amide bonds. The lowest BCUT2D eigenvalue weighted by Gasteiger charge is -2.13. The van der Waals surface area contributed by atoms with E-state index in [0.29, 0.717) is 6.54 Å². The maximum absolute atomic E-state index is 12.5. The summed E-state index contributed by atoms with van der Waals surface area (Å²) < 4.78 is 37.5. The molecule has 0 aliphatic carbocycles. The topological polar surface area (TPSA) is 55.1 Å². The molecule has 0 bridgehead atoms. The van der Waals surface area contributed by atoms with Crippen LogP contribution < -0.4 is 11.1 Å². The molecule has 0 aliphatic rings. The van der Waals surface area contributed by atoms with Crippen molar-refractivity contribution in [2.45, 2.75) is 25.9 Å². The second-order valence-corrected chi connectivity index (χ2v) is 4.34. The molecule has 1 atom stereocenters. The lowest BCUT2D eigenvalue weighted by atomic mass is 10.0. The van der Waals surface area contributed by atoms with E-state index in [-0.39, 0.29) is 23.9 Å². The van der Waals surface area contributed by atoms with Gasteiger partial charge in [-0.1, -0.05) is 19.4 Å². The molecule has 106 valence electrons. The standard InChI is InChI=1S/C13H17F3N2O/c1-2-9(8-17)6-12(19)18-11-5-3-4-10(7-11)13(14,15)16/h3-5,7,9H,2,6,8,17H2,1H3,(H,18,19). The number of alkyl halides is 3. The van der Waals surface area contributed by atoms with Gasteiger partial charge in [0.1, 0.15) is 0 Å². The summed E-state index contributed by atoms with van der Waals surface area (Å²) >= 11 is 0. The second-order valence-electron chi connectivity index (χ2n) is 4.34.